The summed E-state index contributed by atoms with van der Waals surface area (Å²) in [6.07, 6.45) is 3.84. The third-order valence-electron chi connectivity index (χ3n) is 6.70. The second-order valence-corrected chi connectivity index (χ2v) is 9.33. The average Bonchev–Trinajstić information content (AvgIpc) is 2.81. The first-order valence-electron chi connectivity index (χ1n) is 11.7. The van der Waals surface area contributed by atoms with Crippen molar-refractivity contribution in [2.24, 2.45) is 5.73 Å². The third kappa shape index (κ3) is 3.94. The van der Waals surface area contributed by atoms with Crippen molar-refractivity contribution in [2.75, 3.05) is 5.73 Å². The molecular formula is C28H28N4O2. The van der Waals surface area contributed by atoms with Crippen molar-refractivity contribution in [1.82, 2.24) is 9.97 Å². The summed E-state index contributed by atoms with van der Waals surface area (Å²) < 4.78 is 0. The zero-order chi connectivity index (χ0) is 24.0. The number of hydrogen-bond donors (Lipinski definition) is 2. The third-order valence-corrected chi connectivity index (χ3v) is 6.70. The maximum atomic E-state index is 12.0. The standard InChI is InChI=1S/2C14H14N2O/c1-8-2-3-9-7-10-12(16-13(9)6-8)5-4-11(15)14(10)17;1-8-5-6-9-11(7-8)16-10-3-2-4-12(17)13(10)14(9)15/h2-3,6-7,11H,4-5,15H2,1H3;5-7H,2-4H2,1H3,(H2,15,16). The molecular weight excluding hydrogens is 424 g/mol. The van der Waals surface area contributed by atoms with Gasteiger partial charge in [-0.3, -0.25) is 19.6 Å². The van der Waals surface area contributed by atoms with Gasteiger partial charge in [-0.25, -0.2) is 0 Å². The molecule has 0 spiro atoms. The molecule has 1 unspecified atom stereocenters. The molecule has 1 atom stereocenters. The van der Waals surface area contributed by atoms with E-state index in [-0.39, 0.29) is 17.6 Å². The molecule has 34 heavy (non-hydrogen) atoms. The van der Waals surface area contributed by atoms with E-state index in [1.165, 1.54) is 5.56 Å². The van der Waals surface area contributed by atoms with Crippen LogP contribution in [0.4, 0.5) is 5.69 Å². The number of anilines is 1. The molecule has 2 heterocycles. The van der Waals surface area contributed by atoms with Crippen LogP contribution >= 0.6 is 0 Å². The first-order valence-corrected chi connectivity index (χ1v) is 11.7. The molecule has 0 fully saturated rings. The monoisotopic (exact) mass is 452 g/mol. The van der Waals surface area contributed by atoms with Crippen LogP contribution in [0.1, 0.15) is 62.5 Å². The number of pyridine rings is 2. The Balaban J connectivity index is 0.000000142. The summed E-state index contributed by atoms with van der Waals surface area (Å²) in [6, 6.07) is 13.6. The minimum absolute atomic E-state index is 0.0289. The summed E-state index contributed by atoms with van der Waals surface area (Å²) in [5.74, 6) is 0.167. The van der Waals surface area contributed by atoms with E-state index < -0.39 is 0 Å². The van der Waals surface area contributed by atoms with Crippen molar-refractivity contribution in [1.29, 1.82) is 0 Å². The number of carbonyl (C=O) groups is 2. The minimum atomic E-state index is -0.354. The van der Waals surface area contributed by atoms with Gasteiger partial charge < -0.3 is 11.5 Å². The van der Waals surface area contributed by atoms with Gasteiger partial charge in [0.15, 0.2) is 11.6 Å². The Morgan fingerprint density at radius 2 is 1.56 bits per heavy atom. The van der Waals surface area contributed by atoms with E-state index in [2.05, 4.69) is 16.0 Å². The molecule has 2 aromatic heterocycles. The highest BCUT2D eigenvalue weighted by Gasteiger charge is 2.26. The first-order chi connectivity index (χ1) is 16.3. The van der Waals surface area contributed by atoms with Crippen LogP contribution < -0.4 is 11.5 Å². The Kier molecular flexibility index (Phi) is 5.62. The number of nitrogens with zero attached hydrogens (tertiary/aromatic N) is 2. The quantitative estimate of drug-likeness (QED) is 0.402. The number of aryl methyl sites for hydroxylation is 4. The molecule has 172 valence electrons. The topological polar surface area (TPSA) is 112 Å². The first kappa shape index (κ1) is 22.2. The van der Waals surface area contributed by atoms with Gasteiger partial charge in [-0.15, -0.1) is 0 Å². The Morgan fingerprint density at radius 1 is 0.853 bits per heavy atom. The van der Waals surface area contributed by atoms with Gasteiger partial charge in [0.05, 0.1) is 39.7 Å². The SMILES string of the molecule is Cc1ccc2c(N)c3c(nc2c1)CCCC3=O.Cc1ccc2cc3c(nc2c1)CCC(N)C3=O. The van der Waals surface area contributed by atoms with Crippen LogP contribution in [0.5, 0.6) is 0 Å². The summed E-state index contributed by atoms with van der Waals surface area (Å²) in [4.78, 5) is 33.0. The molecule has 0 saturated heterocycles. The van der Waals surface area contributed by atoms with Gasteiger partial charge in [-0.1, -0.05) is 24.3 Å². The maximum Gasteiger partial charge on any atom is 0.181 e. The molecule has 2 aromatic carbocycles. The normalized spacial score (nSPS) is 17.2. The maximum absolute atomic E-state index is 12.0. The van der Waals surface area contributed by atoms with Gasteiger partial charge in [0.25, 0.3) is 0 Å². The zero-order valence-corrected chi connectivity index (χ0v) is 19.5. The molecule has 0 radical (unpaired) electrons. The predicted molar refractivity (Wildman–Crippen MR) is 135 cm³/mol. The lowest BCUT2D eigenvalue weighted by Crippen LogP contribution is -2.35. The fourth-order valence-corrected chi connectivity index (χ4v) is 4.83. The van der Waals surface area contributed by atoms with Crippen LogP contribution in [0.15, 0.2) is 42.5 Å². The highest BCUT2D eigenvalue weighted by molar-refractivity contribution is 6.09. The minimum Gasteiger partial charge on any atom is -0.398 e. The molecule has 0 saturated carbocycles. The number of benzene rings is 2. The highest BCUT2D eigenvalue weighted by Crippen LogP contribution is 2.31. The second-order valence-electron chi connectivity index (χ2n) is 9.33. The Hall–Kier alpha value is -3.64. The summed E-state index contributed by atoms with van der Waals surface area (Å²) in [5.41, 5.74) is 19.9. The fraction of sp³-hybridized carbons (Fsp3) is 0.286. The highest BCUT2D eigenvalue weighted by atomic mass is 16.1. The number of Topliss-reactive ketones (excluding diaryl/α,β-unsaturated/α-hetero) is 2. The van der Waals surface area contributed by atoms with Gasteiger partial charge in [0.1, 0.15) is 0 Å². The van der Waals surface area contributed by atoms with Crippen molar-refractivity contribution in [3.63, 3.8) is 0 Å². The van der Waals surface area contributed by atoms with E-state index in [9.17, 15) is 9.59 Å². The number of aromatic nitrogens is 2. The molecule has 2 aliphatic carbocycles. The van der Waals surface area contributed by atoms with Crippen molar-refractivity contribution >= 4 is 39.1 Å². The molecule has 6 heteroatoms. The van der Waals surface area contributed by atoms with Crippen LogP contribution in [0.2, 0.25) is 0 Å². The van der Waals surface area contributed by atoms with Crippen LogP contribution in [-0.2, 0) is 12.8 Å². The molecule has 2 aliphatic rings. The number of rotatable bonds is 0. The Bertz CT molecular complexity index is 1480. The van der Waals surface area contributed by atoms with Crippen molar-refractivity contribution in [3.8, 4) is 0 Å². The molecule has 0 aliphatic heterocycles. The number of ketones is 2. The lowest BCUT2D eigenvalue weighted by molar-refractivity contribution is 0.0945. The lowest BCUT2D eigenvalue weighted by Gasteiger charge is -2.19. The van der Waals surface area contributed by atoms with E-state index in [1.54, 1.807) is 0 Å². The molecule has 4 N–H and O–H groups in total. The van der Waals surface area contributed by atoms with Crippen LogP contribution in [-0.4, -0.2) is 27.6 Å². The number of fused-ring (bicyclic) bond motifs is 4. The smallest absolute Gasteiger partial charge is 0.181 e. The summed E-state index contributed by atoms with van der Waals surface area (Å²) in [6.45, 7) is 4.07. The average molecular weight is 453 g/mol. The van der Waals surface area contributed by atoms with E-state index in [4.69, 9.17) is 11.5 Å². The van der Waals surface area contributed by atoms with E-state index >= 15 is 0 Å². The Labute approximate surface area is 198 Å². The van der Waals surface area contributed by atoms with Gasteiger partial charge in [0.2, 0.25) is 0 Å². The second kappa shape index (κ2) is 8.61. The van der Waals surface area contributed by atoms with Crippen molar-refractivity contribution < 1.29 is 9.59 Å². The number of carbonyl (C=O) groups excluding carboxylic acids is 2. The van der Waals surface area contributed by atoms with Gasteiger partial charge in [0, 0.05) is 22.8 Å². The van der Waals surface area contributed by atoms with Gasteiger partial charge >= 0.3 is 0 Å². The fourth-order valence-electron chi connectivity index (χ4n) is 4.83. The molecule has 6 nitrogen and oxygen atoms in total. The summed E-state index contributed by atoms with van der Waals surface area (Å²) >= 11 is 0. The van der Waals surface area contributed by atoms with Crippen LogP contribution in [0.25, 0.3) is 21.8 Å². The van der Waals surface area contributed by atoms with Crippen LogP contribution in [0, 0.1) is 13.8 Å². The van der Waals surface area contributed by atoms with Crippen LogP contribution in [0.3, 0.4) is 0 Å². The molecule has 0 bridgehead atoms. The predicted octanol–water partition coefficient (Wildman–Crippen LogP) is 4.64. The molecule has 4 aromatic rings. The largest absolute Gasteiger partial charge is 0.398 e. The Morgan fingerprint density at radius 3 is 2.35 bits per heavy atom. The van der Waals surface area contributed by atoms with Gasteiger partial charge in [-0.2, -0.15) is 0 Å². The molecule has 6 rings (SSSR count). The summed E-state index contributed by atoms with van der Waals surface area (Å²) in [7, 11) is 0. The van der Waals surface area contributed by atoms with E-state index in [1.807, 2.05) is 50.2 Å². The van der Waals surface area contributed by atoms with E-state index in [0.29, 0.717) is 29.7 Å². The van der Waals surface area contributed by atoms with Gasteiger partial charge in [-0.05, 0) is 68.9 Å². The molecule has 0 amide bonds. The zero-order valence-electron chi connectivity index (χ0n) is 19.5. The number of nitrogen functional groups attached to an aromatic ring is 1. The van der Waals surface area contributed by atoms with Crippen molar-refractivity contribution in [3.05, 3.63) is 76.1 Å². The number of hydrogen-bond acceptors (Lipinski definition) is 6. The summed E-state index contributed by atoms with van der Waals surface area (Å²) in [5, 5.41) is 1.90. The number of nitrogens with two attached hydrogens (primary N) is 2. The lowest BCUT2D eigenvalue weighted by atomic mass is 9.90. The van der Waals surface area contributed by atoms with E-state index in [0.717, 1.165) is 58.0 Å². The van der Waals surface area contributed by atoms with Crippen molar-refractivity contribution in [2.45, 2.75) is 52.0 Å².